The van der Waals surface area contributed by atoms with Gasteiger partial charge in [0.25, 0.3) is 0 Å². The van der Waals surface area contributed by atoms with Crippen molar-refractivity contribution in [3.63, 3.8) is 0 Å². The fourth-order valence-electron chi connectivity index (χ4n) is 1.23. The molecule has 0 heterocycles. The van der Waals surface area contributed by atoms with Gasteiger partial charge in [0, 0.05) is 0 Å². The van der Waals surface area contributed by atoms with Crippen LogP contribution in [-0.4, -0.2) is 22.2 Å². The van der Waals surface area contributed by atoms with Crippen LogP contribution in [0.2, 0.25) is 0 Å². The molecule has 1 fully saturated rings. The van der Waals surface area contributed by atoms with E-state index >= 15 is 0 Å². The van der Waals surface area contributed by atoms with Gasteiger partial charge in [-0.2, -0.15) is 0 Å². The Balaban J connectivity index is 2.69. The van der Waals surface area contributed by atoms with E-state index in [9.17, 15) is 9.59 Å². The molecule has 0 aromatic heterocycles. The third kappa shape index (κ3) is 1.11. The van der Waals surface area contributed by atoms with E-state index < -0.39 is 23.8 Å². The molecule has 0 amide bonds. The molecule has 1 saturated carbocycles. The lowest BCUT2D eigenvalue weighted by Gasteiger charge is -2.32. The fraction of sp³-hybridized carbons (Fsp3) is 0.429. The summed E-state index contributed by atoms with van der Waals surface area (Å²) in [6.45, 7) is 3.45. The predicted molar refractivity (Wildman–Crippen MR) is 36.0 cm³/mol. The van der Waals surface area contributed by atoms with Crippen LogP contribution in [0.5, 0.6) is 0 Å². The molecule has 0 aliphatic heterocycles. The van der Waals surface area contributed by atoms with Crippen LogP contribution < -0.4 is 0 Å². The molecule has 2 N–H and O–H groups in total. The third-order valence-corrected chi connectivity index (χ3v) is 1.91. The van der Waals surface area contributed by atoms with Crippen LogP contribution in [0.3, 0.4) is 0 Å². The molecule has 0 aromatic rings. The summed E-state index contributed by atoms with van der Waals surface area (Å²) >= 11 is 0. The molecule has 60 valence electrons. The standard InChI is InChI=1S/C7H8O4/c1-3-2-4(6(8)9)5(3)7(10)11/h4-5H,1-2H2,(H,8,9)(H,10,11)/t4-,5+/m1/s1. The monoisotopic (exact) mass is 156 g/mol. The molecule has 0 bridgehead atoms. The van der Waals surface area contributed by atoms with E-state index in [-0.39, 0.29) is 0 Å². The number of aliphatic carboxylic acids is 2. The predicted octanol–water partition coefficient (Wildman–Crippen LogP) is 0.348. The van der Waals surface area contributed by atoms with E-state index in [2.05, 4.69) is 6.58 Å². The van der Waals surface area contributed by atoms with Gasteiger partial charge in [-0.25, -0.2) is 0 Å². The first-order valence-corrected chi connectivity index (χ1v) is 3.17. The first-order valence-electron chi connectivity index (χ1n) is 3.17. The van der Waals surface area contributed by atoms with Crippen LogP contribution in [-0.2, 0) is 9.59 Å². The largest absolute Gasteiger partial charge is 0.481 e. The minimum absolute atomic E-state index is 0.298. The maximum Gasteiger partial charge on any atom is 0.311 e. The van der Waals surface area contributed by atoms with Crippen molar-refractivity contribution in [3.8, 4) is 0 Å². The zero-order chi connectivity index (χ0) is 8.59. The zero-order valence-corrected chi connectivity index (χ0v) is 5.78. The molecule has 0 aromatic carbocycles. The van der Waals surface area contributed by atoms with Crippen LogP contribution in [0.1, 0.15) is 6.42 Å². The Hall–Kier alpha value is -1.32. The molecule has 4 heteroatoms. The zero-order valence-electron chi connectivity index (χ0n) is 5.78. The summed E-state index contributed by atoms with van der Waals surface area (Å²) < 4.78 is 0. The average molecular weight is 156 g/mol. The van der Waals surface area contributed by atoms with Crippen molar-refractivity contribution in [2.75, 3.05) is 0 Å². The van der Waals surface area contributed by atoms with Gasteiger partial charge in [0.1, 0.15) is 0 Å². The number of carboxylic acid groups (broad SMARTS) is 2. The third-order valence-electron chi connectivity index (χ3n) is 1.91. The van der Waals surface area contributed by atoms with Crippen molar-refractivity contribution in [1.29, 1.82) is 0 Å². The highest BCUT2D eigenvalue weighted by Crippen LogP contribution is 2.38. The van der Waals surface area contributed by atoms with Crippen molar-refractivity contribution >= 4 is 11.9 Å². The second kappa shape index (κ2) is 2.38. The molecule has 0 unspecified atom stereocenters. The second-order valence-electron chi connectivity index (χ2n) is 2.62. The molecule has 0 radical (unpaired) electrons. The lowest BCUT2D eigenvalue weighted by Crippen LogP contribution is -2.39. The number of hydrogen-bond donors (Lipinski definition) is 2. The lowest BCUT2D eigenvalue weighted by atomic mass is 9.70. The molecule has 11 heavy (non-hydrogen) atoms. The van der Waals surface area contributed by atoms with Gasteiger partial charge >= 0.3 is 11.9 Å². The van der Waals surface area contributed by atoms with Crippen molar-refractivity contribution in [1.82, 2.24) is 0 Å². The average Bonchev–Trinajstić information content (AvgIpc) is 1.80. The molecule has 1 aliphatic rings. The number of rotatable bonds is 2. The number of carbonyl (C=O) groups is 2. The van der Waals surface area contributed by atoms with Crippen molar-refractivity contribution in [2.45, 2.75) is 6.42 Å². The Bertz CT molecular complexity index is 223. The molecular weight excluding hydrogens is 148 g/mol. The van der Waals surface area contributed by atoms with Crippen molar-refractivity contribution in [3.05, 3.63) is 12.2 Å². The van der Waals surface area contributed by atoms with Gasteiger partial charge in [-0.3, -0.25) is 9.59 Å². The normalized spacial score (nSPS) is 29.3. The highest BCUT2D eigenvalue weighted by molar-refractivity contribution is 5.85. The summed E-state index contributed by atoms with van der Waals surface area (Å²) in [5.41, 5.74) is 0.505. The van der Waals surface area contributed by atoms with Crippen LogP contribution in [0.25, 0.3) is 0 Å². The topological polar surface area (TPSA) is 74.6 Å². The first-order chi connectivity index (χ1) is 5.04. The van der Waals surface area contributed by atoms with Gasteiger partial charge in [0.2, 0.25) is 0 Å². The summed E-state index contributed by atoms with van der Waals surface area (Å²) in [6.07, 6.45) is 0.298. The van der Waals surface area contributed by atoms with Crippen LogP contribution in [0.15, 0.2) is 12.2 Å². The maximum atomic E-state index is 10.4. The Morgan fingerprint density at radius 1 is 1.36 bits per heavy atom. The fourth-order valence-corrected chi connectivity index (χ4v) is 1.23. The maximum absolute atomic E-state index is 10.4. The quantitative estimate of drug-likeness (QED) is 0.565. The highest BCUT2D eigenvalue weighted by Gasteiger charge is 2.44. The van der Waals surface area contributed by atoms with Gasteiger partial charge in [-0.1, -0.05) is 12.2 Å². The smallest absolute Gasteiger partial charge is 0.311 e. The van der Waals surface area contributed by atoms with Gasteiger partial charge < -0.3 is 10.2 Å². The molecule has 1 aliphatic carbocycles. The summed E-state index contributed by atoms with van der Waals surface area (Å²) in [5.74, 6) is -3.77. The molecule has 0 saturated heterocycles. The van der Waals surface area contributed by atoms with E-state index in [1.807, 2.05) is 0 Å². The lowest BCUT2D eigenvalue weighted by molar-refractivity contribution is -0.155. The number of carboxylic acids is 2. The molecule has 1 rings (SSSR count). The Labute approximate surface area is 63.1 Å². The Morgan fingerprint density at radius 2 is 1.91 bits per heavy atom. The summed E-state index contributed by atoms with van der Waals surface area (Å²) in [6, 6.07) is 0. The van der Waals surface area contributed by atoms with E-state index in [4.69, 9.17) is 10.2 Å². The minimum Gasteiger partial charge on any atom is -0.481 e. The van der Waals surface area contributed by atoms with Gasteiger partial charge in [0.15, 0.2) is 0 Å². The van der Waals surface area contributed by atoms with E-state index in [0.29, 0.717) is 12.0 Å². The summed E-state index contributed by atoms with van der Waals surface area (Å²) in [5, 5.41) is 17.0. The van der Waals surface area contributed by atoms with Crippen molar-refractivity contribution in [2.24, 2.45) is 11.8 Å². The van der Waals surface area contributed by atoms with Crippen LogP contribution in [0, 0.1) is 11.8 Å². The minimum atomic E-state index is -1.09. The molecule has 2 atom stereocenters. The highest BCUT2D eigenvalue weighted by atomic mass is 16.4. The van der Waals surface area contributed by atoms with Crippen LogP contribution >= 0.6 is 0 Å². The van der Waals surface area contributed by atoms with Crippen LogP contribution in [0.4, 0.5) is 0 Å². The van der Waals surface area contributed by atoms with Gasteiger partial charge in [-0.15, -0.1) is 0 Å². The summed E-state index contributed by atoms with van der Waals surface area (Å²) in [7, 11) is 0. The Kier molecular flexibility index (Phi) is 1.68. The van der Waals surface area contributed by atoms with Crippen molar-refractivity contribution < 1.29 is 19.8 Å². The van der Waals surface area contributed by atoms with E-state index in [1.54, 1.807) is 0 Å². The van der Waals surface area contributed by atoms with Gasteiger partial charge in [-0.05, 0) is 6.42 Å². The van der Waals surface area contributed by atoms with E-state index in [0.717, 1.165) is 0 Å². The van der Waals surface area contributed by atoms with Gasteiger partial charge in [0.05, 0.1) is 11.8 Å². The first kappa shape index (κ1) is 7.78. The molecular formula is C7H8O4. The van der Waals surface area contributed by atoms with E-state index in [1.165, 1.54) is 0 Å². The number of hydrogen-bond acceptors (Lipinski definition) is 2. The molecule has 4 nitrogen and oxygen atoms in total. The second-order valence-corrected chi connectivity index (χ2v) is 2.62. The Morgan fingerprint density at radius 3 is 2.09 bits per heavy atom. The molecule has 0 spiro atoms. The SMILES string of the molecule is C=C1C[C@@H](C(=O)O)[C@H]1C(=O)O. The summed E-state index contributed by atoms with van der Waals surface area (Å²) in [4.78, 5) is 20.7.